The van der Waals surface area contributed by atoms with Gasteiger partial charge < -0.3 is 19.6 Å². The predicted molar refractivity (Wildman–Crippen MR) is 110 cm³/mol. The molecule has 0 radical (unpaired) electrons. The number of hydrogen-bond donors (Lipinski definition) is 1. The summed E-state index contributed by atoms with van der Waals surface area (Å²) in [5.74, 6) is 0.187. The van der Waals surface area contributed by atoms with Crippen molar-refractivity contribution in [1.82, 2.24) is 15.0 Å². The van der Waals surface area contributed by atoms with E-state index in [0.717, 1.165) is 13.1 Å². The van der Waals surface area contributed by atoms with Crippen molar-refractivity contribution in [3.05, 3.63) is 45.6 Å². The van der Waals surface area contributed by atoms with Gasteiger partial charge in [-0.2, -0.15) is 0 Å². The summed E-state index contributed by atoms with van der Waals surface area (Å²) in [5, 5.41) is 7.06. The molecule has 0 saturated carbocycles. The molecule has 1 heterocycles. The van der Waals surface area contributed by atoms with E-state index in [0.29, 0.717) is 35.3 Å². The Morgan fingerprint density at radius 2 is 1.86 bits per heavy atom. The monoisotopic (exact) mass is 426 g/mol. The first-order chi connectivity index (χ1) is 13.3. The third kappa shape index (κ3) is 6.22. The molecule has 1 aromatic carbocycles. The van der Waals surface area contributed by atoms with Crippen molar-refractivity contribution in [3.63, 3.8) is 0 Å². The van der Waals surface area contributed by atoms with Gasteiger partial charge in [-0.25, -0.2) is 0 Å². The molecule has 2 aromatic rings. The molecule has 28 heavy (non-hydrogen) atoms. The van der Waals surface area contributed by atoms with Crippen LogP contribution < -0.4 is 5.32 Å². The number of anilines is 1. The zero-order valence-corrected chi connectivity index (χ0v) is 17.7. The Morgan fingerprint density at radius 3 is 2.43 bits per heavy atom. The Labute approximate surface area is 174 Å². The first-order valence-electron chi connectivity index (χ1n) is 9.03. The third-order valence-electron chi connectivity index (χ3n) is 4.26. The Morgan fingerprint density at radius 1 is 1.14 bits per heavy atom. The summed E-state index contributed by atoms with van der Waals surface area (Å²) in [6.07, 6.45) is 0. The lowest BCUT2D eigenvalue weighted by molar-refractivity contribution is -0.117. The van der Waals surface area contributed by atoms with Gasteiger partial charge in [0.05, 0.1) is 10.6 Å². The minimum Gasteiger partial charge on any atom is -0.360 e. The Bertz CT molecular complexity index is 821. The number of hydrogen-bond acceptors (Lipinski definition) is 5. The van der Waals surface area contributed by atoms with E-state index < -0.39 is 0 Å². The Balaban J connectivity index is 2.15. The third-order valence-corrected chi connectivity index (χ3v) is 4.81. The number of aryl methyl sites for hydroxylation is 1. The van der Waals surface area contributed by atoms with E-state index in [9.17, 15) is 9.59 Å². The largest absolute Gasteiger partial charge is 0.360 e. The summed E-state index contributed by atoms with van der Waals surface area (Å²) in [4.78, 5) is 29.1. The van der Waals surface area contributed by atoms with Crippen LogP contribution in [0.15, 0.2) is 28.8 Å². The minimum atomic E-state index is -0.369. The molecule has 0 fully saturated rings. The van der Waals surface area contributed by atoms with Crippen LogP contribution in [-0.4, -0.2) is 59.5 Å². The summed E-state index contributed by atoms with van der Waals surface area (Å²) in [5.41, 5.74) is 0.302. The maximum Gasteiger partial charge on any atom is 0.255 e. The highest BCUT2D eigenvalue weighted by molar-refractivity contribution is 6.36. The van der Waals surface area contributed by atoms with Gasteiger partial charge in [0.1, 0.15) is 12.3 Å². The topological polar surface area (TPSA) is 78.7 Å². The van der Waals surface area contributed by atoms with Crippen molar-refractivity contribution in [2.24, 2.45) is 0 Å². The van der Waals surface area contributed by atoms with E-state index in [2.05, 4.69) is 15.4 Å². The van der Waals surface area contributed by atoms with Crippen LogP contribution in [0.25, 0.3) is 0 Å². The molecule has 2 amide bonds. The Kier molecular flexibility index (Phi) is 8.29. The second-order valence-electron chi connectivity index (χ2n) is 6.25. The van der Waals surface area contributed by atoms with Crippen LogP contribution in [-0.2, 0) is 4.79 Å². The summed E-state index contributed by atoms with van der Waals surface area (Å²) in [6, 6.07) is 6.28. The van der Waals surface area contributed by atoms with Gasteiger partial charge in [-0.3, -0.25) is 9.59 Å². The van der Waals surface area contributed by atoms with Gasteiger partial charge in [-0.15, -0.1) is 0 Å². The number of likely N-dealkylation sites (N-methyl/N-ethyl adjacent to an activating group) is 1. The van der Waals surface area contributed by atoms with Crippen LogP contribution in [0, 0.1) is 6.92 Å². The van der Waals surface area contributed by atoms with Crippen LogP contribution >= 0.6 is 23.2 Å². The molecular formula is C19H24Cl2N4O3. The molecule has 1 N–H and O–H groups in total. The van der Waals surface area contributed by atoms with Gasteiger partial charge in [0, 0.05) is 24.2 Å². The zero-order valence-electron chi connectivity index (χ0n) is 16.2. The van der Waals surface area contributed by atoms with Crippen molar-refractivity contribution >= 4 is 40.8 Å². The molecule has 0 aliphatic carbocycles. The first kappa shape index (κ1) is 22.2. The van der Waals surface area contributed by atoms with E-state index in [1.54, 1.807) is 25.1 Å². The van der Waals surface area contributed by atoms with E-state index >= 15 is 0 Å². The number of nitrogens with one attached hydrogen (secondary N) is 1. The van der Waals surface area contributed by atoms with Crippen LogP contribution in [0.5, 0.6) is 0 Å². The van der Waals surface area contributed by atoms with Gasteiger partial charge in [0.2, 0.25) is 5.91 Å². The fourth-order valence-corrected chi connectivity index (χ4v) is 3.16. The number of amides is 2. The summed E-state index contributed by atoms with van der Waals surface area (Å²) < 4.78 is 4.94. The number of halogens is 2. The van der Waals surface area contributed by atoms with Gasteiger partial charge in [0.15, 0.2) is 5.82 Å². The van der Waals surface area contributed by atoms with Crippen molar-refractivity contribution in [1.29, 1.82) is 0 Å². The molecular weight excluding hydrogens is 403 g/mol. The molecule has 0 bridgehead atoms. The van der Waals surface area contributed by atoms with E-state index in [-0.39, 0.29) is 23.4 Å². The lowest BCUT2D eigenvalue weighted by Gasteiger charge is -2.26. The fraction of sp³-hybridized carbons (Fsp3) is 0.421. The molecule has 0 unspecified atom stereocenters. The maximum absolute atomic E-state index is 13.0. The highest BCUT2D eigenvalue weighted by atomic mass is 35.5. The van der Waals surface area contributed by atoms with Crippen molar-refractivity contribution in [2.45, 2.75) is 20.8 Å². The fourth-order valence-electron chi connectivity index (χ4n) is 2.67. The van der Waals surface area contributed by atoms with Gasteiger partial charge in [-0.1, -0.05) is 42.2 Å². The molecule has 0 atom stereocenters. The number of benzene rings is 1. The summed E-state index contributed by atoms with van der Waals surface area (Å²) >= 11 is 12.1. The predicted octanol–water partition coefficient (Wildman–Crippen LogP) is 3.71. The van der Waals surface area contributed by atoms with Crippen LogP contribution in [0.2, 0.25) is 10.0 Å². The molecule has 0 aliphatic rings. The Hall–Kier alpha value is -2.09. The number of nitrogens with zero attached hydrogens (tertiary/aromatic N) is 3. The van der Waals surface area contributed by atoms with Gasteiger partial charge in [0.25, 0.3) is 5.91 Å². The minimum absolute atomic E-state index is 0.134. The molecule has 7 nitrogen and oxygen atoms in total. The molecule has 0 spiro atoms. The number of carbonyl (C=O) groups is 2. The van der Waals surface area contributed by atoms with E-state index in [1.807, 2.05) is 13.8 Å². The molecule has 9 heteroatoms. The molecule has 2 rings (SSSR count). The number of rotatable bonds is 9. The highest BCUT2D eigenvalue weighted by Crippen LogP contribution is 2.22. The molecule has 152 valence electrons. The number of aromatic nitrogens is 1. The smallest absolute Gasteiger partial charge is 0.255 e. The zero-order chi connectivity index (χ0) is 20.7. The van der Waals surface area contributed by atoms with Gasteiger partial charge in [-0.05, 0) is 38.2 Å². The SMILES string of the molecule is CCN(CC)CCN(CC(=O)Nc1cc(C)on1)C(=O)c1ccc(Cl)cc1Cl. The van der Waals surface area contributed by atoms with Crippen molar-refractivity contribution in [3.8, 4) is 0 Å². The molecule has 1 aromatic heterocycles. The first-order valence-corrected chi connectivity index (χ1v) is 9.79. The summed E-state index contributed by atoms with van der Waals surface area (Å²) in [7, 11) is 0. The van der Waals surface area contributed by atoms with E-state index in [1.165, 1.54) is 11.0 Å². The lowest BCUT2D eigenvalue weighted by Crippen LogP contribution is -2.43. The standard InChI is InChI=1S/C19H24Cl2N4O3/c1-4-24(5-2)8-9-25(12-18(26)22-17-10-13(3)28-23-17)19(27)15-7-6-14(20)11-16(15)21/h6-7,10-11H,4-5,8-9,12H2,1-3H3,(H,22,23,26). The molecule has 0 saturated heterocycles. The lowest BCUT2D eigenvalue weighted by atomic mass is 10.2. The van der Waals surface area contributed by atoms with Gasteiger partial charge >= 0.3 is 0 Å². The van der Waals surface area contributed by atoms with Crippen molar-refractivity contribution in [2.75, 3.05) is 38.0 Å². The second kappa shape index (κ2) is 10.5. The van der Waals surface area contributed by atoms with Crippen LogP contribution in [0.3, 0.4) is 0 Å². The maximum atomic E-state index is 13.0. The van der Waals surface area contributed by atoms with Crippen LogP contribution in [0.4, 0.5) is 5.82 Å². The highest BCUT2D eigenvalue weighted by Gasteiger charge is 2.22. The molecule has 0 aliphatic heterocycles. The quantitative estimate of drug-likeness (QED) is 0.660. The van der Waals surface area contributed by atoms with Crippen molar-refractivity contribution < 1.29 is 14.1 Å². The number of carbonyl (C=O) groups excluding carboxylic acids is 2. The van der Waals surface area contributed by atoms with E-state index in [4.69, 9.17) is 27.7 Å². The average Bonchev–Trinajstić information content (AvgIpc) is 3.05. The summed E-state index contributed by atoms with van der Waals surface area (Å²) in [6.45, 7) is 8.41. The van der Waals surface area contributed by atoms with Crippen LogP contribution in [0.1, 0.15) is 30.0 Å². The second-order valence-corrected chi connectivity index (χ2v) is 7.09. The average molecular weight is 427 g/mol. The normalized spacial score (nSPS) is 10.9.